The summed E-state index contributed by atoms with van der Waals surface area (Å²) in [6.07, 6.45) is 7.53. The number of cyclic esters (lactones) is 4. The summed E-state index contributed by atoms with van der Waals surface area (Å²) < 4.78 is 36.6. The van der Waals surface area contributed by atoms with E-state index in [1.807, 2.05) is 0 Å². The second-order valence-electron chi connectivity index (χ2n) is 7.24. The number of hydrogen-bond acceptors (Lipinski definition) is 10. The van der Waals surface area contributed by atoms with Crippen molar-refractivity contribution in [3.05, 3.63) is 73.1 Å². The van der Waals surface area contributed by atoms with Gasteiger partial charge in [0.15, 0.2) is 0 Å². The van der Waals surface area contributed by atoms with Crippen LogP contribution in [0.3, 0.4) is 0 Å². The maximum absolute atomic E-state index is 13.7. The van der Waals surface area contributed by atoms with Crippen LogP contribution in [-0.2, 0) is 38.1 Å². The van der Waals surface area contributed by atoms with E-state index < -0.39 is 53.4 Å². The third-order valence-electron chi connectivity index (χ3n) is 4.84. The number of carbonyl (C=O) groups is 4. The minimum atomic E-state index is -2.48. The van der Waals surface area contributed by atoms with Crippen LogP contribution in [0.2, 0.25) is 0 Å². The van der Waals surface area contributed by atoms with E-state index >= 15 is 0 Å². The lowest BCUT2D eigenvalue weighted by molar-refractivity contribution is -0.214. The van der Waals surface area contributed by atoms with Crippen molar-refractivity contribution >= 4 is 41.5 Å². The third kappa shape index (κ3) is 5.24. The summed E-state index contributed by atoms with van der Waals surface area (Å²) in [6.45, 7) is 1.67. The van der Waals surface area contributed by atoms with Gasteiger partial charge in [-0.05, 0) is 24.6 Å². The predicted molar refractivity (Wildman–Crippen MR) is 118 cm³/mol. The van der Waals surface area contributed by atoms with Crippen molar-refractivity contribution in [1.82, 2.24) is 9.55 Å². The number of aliphatic imine (C=N–C) groups is 2. The van der Waals surface area contributed by atoms with Crippen LogP contribution in [0.1, 0.15) is 19.4 Å². The van der Waals surface area contributed by atoms with Gasteiger partial charge in [-0.25, -0.2) is 28.6 Å². The zero-order chi connectivity index (χ0) is 25.7. The van der Waals surface area contributed by atoms with E-state index in [4.69, 9.17) is 18.9 Å². The smallest absolute Gasteiger partial charge is 0.356 e. The molecule has 36 heavy (non-hydrogen) atoms. The number of carbonyl (C=O) groups excluding carboxylic acids is 4. The first-order chi connectivity index (χ1) is 17.3. The zero-order valence-electron chi connectivity index (χ0n) is 18.6. The average Bonchev–Trinajstić information content (AvgIpc) is 3.31. The first-order valence-electron chi connectivity index (χ1n) is 10.5. The number of benzene rings is 1. The predicted octanol–water partition coefficient (Wildman–Crippen LogP) is 2.07. The molecule has 4 rings (SSSR count). The SMILES string of the molecule is CCC(n1ccnc1)C1(/C2=N/C(=Nc3cccc(F)c3)OC(=O)/C=C\C(=O)O2)OC(=O)C=CC(=O)O1. The van der Waals surface area contributed by atoms with E-state index in [2.05, 4.69) is 15.0 Å². The van der Waals surface area contributed by atoms with Gasteiger partial charge in [0.05, 0.1) is 12.0 Å². The summed E-state index contributed by atoms with van der Waals surface area (Å²) in [5.41, 5.74) is -0.0114. The van der Waals surface area contributed by atoms with E-state index in [1.54, 1.807) is 6.92 Å². The zero-order valence-corrected chi connectivity index (χ0v) is 18.6. The molecule has 0 amide bonds. The van der Waals surface area contributed by atoms with E-state index in [-0.39, 0.29) is 12.1 Å². The number of esters is 4. The maximum Gasteiger partial charge on any atom is 0.356 e. The van der Waals surface area contributed by atoms with Gasteiger partial charge in [0.2, 0.25) is 0 Å². The van der Waals surface area contributed by atoms with Gasteiger partial charge in [-0.1, -0.05) is 13.0 Å². The molecule has 0 fully saturated rings. The molecule has 0 spiro atoms. The molecule has 0 N–H and O–H groups in total. The molecule has 0 saturated carbocycles. The Bertz CT molecular complexity index is 1310. The number of ether oxygens (including phenoxy) is 4. The average molecular weight is 496 g/mol. The summed E-state index contributed by atoms with van der Waals surface area (Å²) in [6, 6.07) is 3.15. The fraction of sp³-hybridized carbons (Fsp3) is 0.174. The molecule has 0 radical (unpaired) electrons. The van der Waals surface area contributed by atoms with Gasteiger partial charge in [0, 0.05) is 36.7 Å². The van der Waals surface area contributed by atoms with E-state index in [1.165, 1.54) is 41.5 Å². The first-order valence-corrected chi connectivity index (χ1v) is 10.5. The Morgan fingerprint density at radius 2 is 1.67 bits per heavy atom. The van der Waals surface area contributed by atoms with Gasteiger partial charge in [0.1, 0.15) is 11.9 Å². The van der Waals surface area contributed by atoms with Crippen molar-refractivity contribution in [2.75, 3.05) is 0 Å². The highest BCUT2D eigenvalue weighted by molar-refractivity contribution is 6.09. The van der Waals surface area contributed by atoms with E-state index in [0.717, 1.165) is 30.4 Å². The lowest BCUT2D eigenvalue weighted by Gasteiger charge is -2.37. The molecular formula is C23H17FN4O8. The first kappa shape index (κ1) is 24.2. The van der Waals surface area contributed by atoms with Crippen LogP contribution in [0, 0.1) is 5.82 Å². The van der Waals surface area contributed by atoms with Crippen LogP contribution in [0.25, 0.3) is 0 Å². The second-order valence-corrected chi connectivity index (χ2v) is 7.24. The Morgan fingerprint density at radius 3 is 2.28 bits per heavy atom. The Labute approximate surface area is 202 Å². The highest BCUT2D eigenvalue weighted by Crippen LogP contribution is 2.36. The van der Waals surface area contributed by atoms with Crippen LogP contribution in [0.15, 0.2) is 77.3 Å². The van der Waals surface area contributed by atoms with Crippen LogP contribution >= 0.6 is 0 Å². The Kier molecular flexibility index (Phi) is 6.81. The molecule has 3 heterocycles. The lowest BCUT2D eigenvalue weighted by Crippen LogP contribution is -2.54. The minimum absolute atomic E-state index is 0.0114. The van der Waals surface area contributed by atoms with Crippen molar-refractivity contribution < 1.29 is 42.5 Å². The molecule has 2 aromatic rings. The summed E-state index contributed by atoms with van der Waals surface area (Å²) in [4.78, 5) is 61.6. The van der Waals surface area contributed by atoms with Gasteiger partial charge < -0.3 is 23.5 Å². The van der Waals surface area contributed by atoms with Crippen LogP contribution < -0.4 is 0 Å². The molecule has 0 saturated heterocycles. The third-order valence-corrected chi connectivity index (χ3v) is 4.84. The molecule has 12 nitrogen and oxygen atoms in total. The highest BCUT2D eigenvalue weighted by atomic mass is 19.1. The summed E-state index contributed by atoms with van der Waals surface area (Å²) in [5, 5.41) is 0. The Hall–Kier alpha value is -4.94. The number of halogens is 1. The lowest BCUT2D eigenvalue weighted by atomic mass is 10.0. The largest absolute Gasteiger partial charge is 0.408 e. The Morgan fingerprint density at radius 1 is 1.00 bits per heavy atom. The fourth-order valence-electron chi connectivity index (χ4n) is 3.39. The van der Waals surface area contributed by atoms with E-state index in [9.17, 15) is 23.6 Å². The van der Waals surface area contributed by atoms with Crippen LogP contribution in [-0.4, -0.2) is 51.1 Å². The van der Waals surface area contributed by atoms with Crippen molar-refractivity contribution in [3.8, 4) is 0 Å². The number of imidazole rings is 1. The molecule has 0 aliphatic carbocycles. The molecule has 2 aliphatic heterocycles. The normalized spacial score (nSPS) is 21.9. The molecule has 1 aromatic carbocycles. The highest BCUT2D eigenvalue weighted by Gasteiger charge is 2.55. The summed E-state index contributed by atoms with van der Waals surface area (Å²) in [5.74, 6) is -8.12. The minimum Gasteiger partial charge on any atom is -0.408 e. The molecule has 13 heteroatoms. The van der Waals surface area contributed by atoms with Crippen molar-refractivity contribution in [2.24, 2.45) is 9.98 Å². The molecule has 184 valence electrons. The van der Waals surface area contributed by atoms with Crippen molar-refractivity contribution in [1.29, 1.82) is 0 Å². The van der Waals surface area contributed by atoms with Gasteiger partial charge in [-0.15, -0.1) is 0 Å². The van der Waals surface area contributed by atoms with Crippen LogP contribution in [0.5, 0.6) is 0 Å². The molecular weight excluding hydrogens is 479 g/mol. The van der Waals surface area contributed by atoms with Gasteiger partial charge in [-0.3, -0.25) is 0 Å². The molecule has 1 atom stereocenters. The molecule has 2 aliphatic rings. The number of rotatable bonds is 5. The number of nitrogens with zero attached hydrogens (tertiary/aromatic N) is 4. The maximum atomic E-state index is 13.7. The van der Waals surface area contributed by atoms with E-state index in [0.29, 0.717) is 0 Å². The number of aromatic nitrogens is 2. The van der Waals surface area contributed by atoms with Crippen molar-refractivity contribution in [3.63, 3.8) is 0 Å². The van der Waals surface area contributed by atoms with Crippen LogP contribution in [0.4, 0.5) is 10.1 Å². The molecule has 1 aromatic heterocycles. The van der Waals surface area contributed by atoms with Crippen molar-refractivity contribution in [2.45, 2.75) is 25.2 Å². The quantitative estimate of drug-likeness (QED) is 0.448. The summed E-state index contributed by atoms with van der Waals surface area (Å²) >= 11 is 0. The number of hydrogen-bond donors (Lipinski definition) is 0. The Balaban J connectivity index is 1.95. The standard InChI is InChI=1S/C23H17FN4O8/c1-2-16(28-11-10-25-13-28)23(35-19(31)8-9-20(32)36-23)21-27-22(26-15-5-3-4-14(24)12-15)34-18(30)7-6-17(29)33-21/h3-13,16H,2H2,1H3/b7-6-,26-22?,27-21-. The van der Waals surface area contributed by atoms with Gasteiger partial charge in [-0.2, -0.15) is 9.98 Å². The summed E-state index contributed by atoms with van der Waals surface area (Å²) in [7, 11) is 0. The fourth-order valence-corrected chi connectivity index (χ4v) is 3.39. The molecule has 1 unspecified atom stereocenters. The topological polar surface area (TPSA) is 148 Å². The monoisotopic (exact) mass is 496 g/mol. The number of amidine groups is 1. The second kappa shape index (κ2) is 10.1. The van der Waals surface area contributed by atoms with Gasteiger partial charge in [0.25, 0.3) is 5.90 Å². The molecule has 0 bridgehead atoms. The van der Waals surface area contributed by atoms with Gasteiger partial charge >= 0.3 is 35.7 Å².